The first-order chi connectivity index (χ1) is 12.9. The van der Waals surface area contributed by atoms with Gasteiger partial charge in [0, 0.05) is 17.8 Å². The summed E-state index contributed by atoms with van der Waals surface area (Å²) in [6.07, 6.45) is 3.13. The van der Waals surface area contributed by atoms with Gasteiger partial charge >= 0.3 is 5.97 Å². The molecule has 1 amide bonds. The van der Waals surface area contributed by atoms with E-state index < -0.39 is 18.0 Å². The highest BCUT2D eigenvalue weighted by atomic mass is 35.5. The van der Waals surface area contributed by atoms with Crippen molar-refractivity contribution in [2.24, 2.45) is 0 Å². The van der Waals surface area contributed by atoms with Crippen LogP contribution in [0.2, 0.25) is 5.02 Å². The van der Waals surface area contributed by atoms with Crippen LogP contribution in [0.25, 0.3) is 6.08 Å². The van der Waals surface area contributed by atoms with Gasteiger partial charge in [-0.3, -0.25) is 4.79 Å². The molecule has 0 bridgehead atoms. The van der Waals surface area contributed by atoms with Crippen molar-refractivity contribution >= 4 is 35.4 Å². The number of esters is 1. The molecule has 0 aliphatic rings. The zero-order valence-electron chi connectivity index (χ0n) is 15.1. The van der Waals surface area contributed by atoms with Crippen molar-refractivity contribution in [2.45, 2.75) is 13.0 Å². The second-order valence-corrected chi connectivity index (χ2v) is 5.78. The van der Waals surface area contributed by atoms with Gasteiger partial charge in [-0.2, -0.15) is 0 Å². The minimum Gasteiger partial charge on any atom is -0.493 e. The molecule has 8 heteroatoms. The molecular weight excluding hydrogens is 372 g/mol. The Morgan fingerprint density at radius 2 is 1.96 bits per heavy atom. The monoisotopic (exact) mass is 390 g/mol. The Balaban J connectivity index is 1.97. The molecule has 1 N–H and O–H groups in total. The maximum atomic E-state index is 12.1. The molecule has 2 rings (SSSR count). The third-order valence-corrected chi connectivity index (χ3v) is 3.70. The molecule has 142 valence electrons. The van der Waals surface area contributed by atoms with Gasteiger partial charge in [0.1, 0.15) is 5.82 Å². The summed E-state index contributed by atoms with van der Waals surface area (Å²) in [5.41, 5.74) is 0.635. The smallest absolute Gasteiger partial charge is 0.331 e. The topological polar surface area (TPSA) is 86.8 Å². The molecule has 1 aromatic carbocycles. The van der Waals surface area contributed by atoms with E-state index in [0.29, 0.717) is 27.9 Å². The molecule has 0 radical (unpaired) electrons. The molecule has 7 nitrogen and oxygen atoms in total. The Morgan fingerprint density at radius 1 is 1.19 bits per heavy atom. The largest absolute Gasteiger partial charge is 0.493 e. The number of pyridine rings is 1. The summed E-state index contributed by atoms with van der Waals surface area (Å²) in [6, 6.07) is 8.40. The van der Waals surface area contributed by atoms with Gasteiger partial charge in [0.05, 0.1) is 19.2 Å². The molecular formula is C19H19ClN2O5. The van der Waals surface area contributed by atoms with Gasteiger partial charge in [-0.1, -0.05) is 23.7 Å². The third-order valence-electron chi connectivity index (χ3n) is 3.47. The van der Waals surface area contributed by atoms with Crippen LogP contribution < -0.4 is 14.8 Å². The van der Waals surface area contributed by atoms with Crippen molar-refractivity contribution in [3.05, 3.63) is 53.2 Å². The van der Waals surface area contributed by atoms with E-state index in [1.165, 1.54) is 39.5 Å². The Hall–Kier alpha value is -3.06. The quantitative estimate of drug-likeness (QED) is 0.576. The van der Waals surface area contributed by atoms with Crippen molar-refractivity contribution in [3.8, 4) is 11.5 Å². The van der Waals surface area contributed by atoms with Gasteiger partial charge in [0.2, 0.25) is 0 Å². The first kappa shape index (κ1) is 20.3. The number of ether oxygens (including phenoxy) is 3. The standard InChI is InChI=1S/C19H19ClN2O5/c1-12(19(24)22-16-9-8-14(20)11-21-16)27-17(23)10-7-13-5-4-6-15(25-2)18(13)26-3/h4-12H,1-3H3,(H,21,22,24)/b10-7+/t12-/m0/s1. The predicted octanol–water partition coefficient (Wildman–Crippen LogP) is 3.34. The molecule has 1 atom stereocenters. The summed E-state index contributed by atoms with van der Waals surface area (Å²) in [4.78, 5) is 28.0. The van der Waals surface area contributed by atoms with Crippen LogP contribution in [0.3, 0.4) is 0 Å². The van der Waals surface area contributed by atoms with Gasteiger partial charge in [0.15, 0.2) is 17.6 Å². The molecule has 0 aliphatic heterocycles. The Labute approximate surface area is 161 Å². The van der Waals surface area contributed by atoms with Gasteiger partial charge < -0.3 is 19.5 Å². The average molecular weight is 391 g/mol. The van der Waals surface area contributed by atoms with Crippen molar-refractivity contribution in [3.63, 3.8) is 0 Å². The van der Waals surface area contributed by atoms with E-state index in [1.54, 1.807) is 30.3 Å². The van der Waals surface area contributed by atoms with Crippen molar-refractivity contribution in [1.82, 2.24) is 4.98 Å². The summed E-state index contributed by atoms with van der Waals surface area (Å²) in [5.74, 6) is 0.154. The van der Waals surface area contributed by atoms with Crippen LogP contribution in [-0.2, 0) is 14.3 Å². The molecule has 0 fully saturated rings. The highest BCUT2D eigenvalue weighted by molar-refractivity contribution is 6.30. The fourth-order valence-corrected chi connectivity index (χ4v) is 2.26. The molecule has 0 aliphatic carbocycles. The lowest BCUT2D eigenvalue weighted by Gasteiger charge is -2.12. The summed E-state index contributed by atoms with van der Waals surface area (Å²) in [7, 11) is 3.03. The Bertz CT molecular complexity index is 836. The zero-order chi connectivity index (χ0) is 19.8. The van der Waals surface area contributed by atoms with Gasteiger partial charge in [0.25, 0.3) is 5.91 Å². The minimum atomic E-state index is -1.01. The van der Waals surface area contributed by atoms with E-state index in [9.17, 15) is 9.59 Å². The number of hydrogen-bond acceptors (Lipinski definition) is 6. The predicted molar refractivity (Wildman–Crippen MR) is 102 cm³/mol. The van der Waals surface area contributed by atoms with E-state index in [1.807, 2.05) is 0 Å². The second kappa shape index (κ2) is 9.59. The number of benzene rings is 1. The summed E-state index contributed by atoms with van der Waals surface area (Å²) in [5, 5.41) is 2.98. The van der Waals surface area contributed by atoms with Crippen molar-refractivity contribution in [1.29, 1.82) is 0 Å². The number of rotatable bonds is 7. The number of anilines is 1. The van der Waals surface area contributed by atoms with Crippen LogP contribution in [-0.4, -0.2) is 37.2 Å². The van der Waals surface area contributed by atoms with Gasteiger partial charge in [-0.05, 0) is 31.2 Å². The van der Waals surface area contributed by atoms with Crippen molar-refractivity contribution in [2.75, 3.05) is 19.5 Å². The number of halogens is 1. The molecule has 0 spiro atoms. The van der Waals surface area contributed by atoms with Crippen LogP contribution in [0.5, 0.6) is 11.5 Å². The zero-order valence-corrected chi connectivity index (χ0v) is 15.8. The SMILES string of the molecule is COc1cccc(/C=C/C(=O)O[C@@H](C)C(=O)Nc2ccc(Cl)cn2)c1OC. The second-order valence-electron chi connectivity index (χ2n) is 5.35. The lowest BCUT2D eigenvalue weighted by Crippen LogP contribution is -2.29. The minimum absolute atomic E-state index is 0.309. The maximum absolute atomic E-state index is 12.1. The highest BCUT2D eigenvalue weighted by Crippen LogP contribution is 2.31. The van der Waals surface area contributed by atoms with Crippen LogP contribution in [0.15, 0.2) is 42.6 Å². The lowest BCUT2D eigenvalue weighted by molar-refractivity contribution is -0.148. The molecule has 2 aromatic rings. The van der Waals surface area contributed by atoms with Crippen LogP contribution in [0.4, 0.5) is 5.82 Å². The van der Waals surface area contributed by atoms with E-state index in [-0.39, 0.29) is 0 Å². The molecule has 0 saturated carbocycles. The maximum Gasteiger partial charge on any atom is 0.331 e. The number of methoxy groups -OCH3 is 2. The van der Waals surface area contributed by atoms with E-state index in [4.69, 9.17) is 25.8 Å². The Morgan fingerprint density at radius 3 is 2.59 bits per heavy atom. The summed E-state index contributed by atoms with van der Waals surface area (Å²) >= 11 is 5.74. The molecule has 0 saturated heterocycles. The molecule has 1 heterocycles. The molecule has 0 unspecified atom stereocenters. The summed E-state index contributed by atoms with van der Waals surface area (Å²) < 4.78 is 15.6. The van der Waals surface area contributed by atoms with Crippen LogP contribution in [0.1, 0.15) is 12.5 Å². The lowest BCUT2D eigenvalue weighted by atomic mass is 10.1. The van der Waals surface area contributed by atoms with E-state index in [2.05, 4.69) is 10.3 Å². The molecule has 1 aromatic heterocycles. The first-order valence-corrected chi connectivity index (χ1v) is 8.34. The van der Waals surface area contributed by atoms with E-state index in [0.717, 1.165) is 0 Å². The summed E-state index contributed by atoms with van der Waals surface area (Å²) in [6.45, 7) is 1.46. The normalized spacial score (nSPS) is 11.7. The number of hydrogen-bond donors (Lipinski definition) is 1. The third kappa shape index (κ3) is 5.72. The van der Waals surface area contributed by atoms with Gasteiger partial charge in [-0.25, -0.2) is 9.78 Å². The average Bonchev–Trinajstić information content (AvgIpc) is 2.67. The van der Waals surface area contributed by atoms with E-state index >= 15 is 0 Å². The Kier molecular flexibility index (Phi) is 7.19. The fraction of sp³-hybridized carbons (Fsp3) is 0.211. The number of carbonyl (C=O) groups is 2. The first-order valence-electron chi connectivity index (χ1n) is 7.96. The number of aromatic nitrogens is 1. The van der Waals surface area contributed by atoms with Gasteiger partial charge in [-0.15, -0.1) is 0 Å². The number of para-hydroxylation sites is 1. The molecule has 27 heavy (non-hydrogen) atoms. The van der Waals surface area contributed by atoms with Crippen molar-refractivity contribution < 1.29 is 23.8 Å². The van der Waals surface area contributed by atoms with Crippen LogP contribution in [0, 0.1) is 0 Å². The number of carbonyl (C=O) groups excluding carboxylic acids is 2. The highest BCUT2D eigenvalue weighted by Gasteiger charge is 2.17. The fourth-order valence-electron chi connectivity index (χ4n) is 2.15. The number of amides is 1. The number of nitrogens with one attached hydrogen (secondary N) is 1. The number of nitrogens with zero attached hydrogens (tertiary/aromatic N) is 1. The van der Waals surface area contributed by atoms with Crippen LogP contribution >= 0.6 is 11.6 Å².